The molecule has 0 aliphatic carbocycles. The molecule has 37 heavy (non-hydrogen) atoms. The second-order valence-corrected chi connectivity index (χ2v) is 10.7. The fourth-order valence-electron chi connectivity index (χ4n) is 3.58. The zero-order valence-electron chi connectivity index (χ0n) is 19.9. The van der Waals surface area contributed by atoms with Gasteiger partial charge in [-0.15, -0.1) is 0 Å². The van der Waals surface area contributed by atoms with Gasteiger partial charge in [0.2, 0.25) is 0 Å². The normalized spacial score (nSPS) is 11.3. The molecular weight excluding hydrogens is 554 g/mol. The molecule has 0 aromatic heterocycles. The van der Waals surface area contributed by atoms with Crippen LogP contribution in [0.3, 0.4) is 0 Å². The van der Waals surface area contributed by atoms with Crippen LogP contribution in [0.1, 0.15) is 21.5 Å². The molecule has 188 valence electrons. The van der Waals surface area contributed by atoms with Crippen molar-refractivity contribution >= 4 is 43.8 Å². The molecule has 0 atom stereocenters. The van der Waals surface area contributed by atoms with Gasteiger partial charge in [0.25, 0.3) is 15.9 Å². The minimum absolute atomic E-state index is 0.0294. The van der Waals surface area contributed by atoms with Crippen LogP contribution >= 0.6 is 15.9 Å². The van der Waals surface area contributed by atoms with Gasteiger partial charge in [-0.05, 0) is 59.7 Å². The number of nitrogens with one attached hydrogen (secondary N) is 1. The third kappa shape index (κ3) is 6.44. The van der Waals surface area contributed by atoms with E-state index in [1.54, 1.807) is 36.4 Å². The maximum Gasteiger partial charge on any atom is 0.273 e. The Morgan fingerprint density at radius 3 is 2.24 bits per heavy atom. The van der Waals surface area contributed by atoms with Crippen molar-refractivity contribution in [3.63, 3.8) is 0 Å². The number of hydrogen-bond acceptors (Lipinski definition) is 5. The molecule has 0 spiro atoms. The van der Waals surface area contributed by atoms with Crippen LogP contribution in [0.4, 0.5) is 5.69 Å². The monoisotopic (exact) mass is 577 g/mol. The van der Waals surface area contributed by atoms with E-state index in [1.165, 1.54) is 29.8 Å². The van der Waals surface area contributed by atoms with E-state index in [0.29, 0.717) is 5.75 Å². The maximum absolute atomic E-state index is 13.9. The van der Waals surface area contributed by atoms with Gasteiger partial charge < -0.3 is 4.74 Å². The van der Waals surface area contributed by atoms with Gasteiger partial charge in [0.05, 0.1) is 36.0 Å². The molecular formula is C28H24BrN3O4S. The summed E-state index contributed by atoms with van der Waals surface area (Å²) in [5, 5.41) is 4.05. The second kappa shape index (κ2) is 11.9. The van der Waals surface area contributed by atoms with Crippen LogP contribution in [0, 0.1) is 0 Å². The van der Waals surface area contributed by atoms with E-state index in [0.717, 1.165) is 15.6 Å². The fourth-order valence-corrected chi connectivity index (χ4v) is 5.32. The van der Waals surface area contributed by atoms with E-state index in [4.69, 9.17) is 4.74 Å². The first-order valence-corrected chi connectivity index (χ1v) is 13.5. The first kappa shape index (κ1) is 26.1. The summed E-state index contributed by atoms with van der Waals surface area (Å²) in [7, 11) is -2.53. The lowest BCUT2D eigenvalue weighted by atomic mass is 10.1. The Labute approximate surface area is 224 Å². The predicted molar refractivity (Wildman–Crippen MR) is 148 cm³/mol. The number of methoxy groups -OCH3 is 1. The Morgan fingerprint density at radius 2 is 1.57 bits per heavy atom. The molecule has 0 saturated carbocycles. The quantitative estimate of drug-likeness (QED) is 0.206. The van der Waals surface area contributed by atoms with Crippen LogP contribution in [-0.2, 0) is 16.6 Å². The summed E-state index contributed by atoms with van der Waals surface area (Å²) in [6.07, 6.45) is 1.52. The Kier molecular flexibility index (Phi) is 8.37. The lowest BCUT2D eigenvalue weighted by molar-refractivity contribution is 0.0955. The number of amides is 1. The van der Waals surface area contributed by atoms with Crippen LogP contribution in [0.25, 0.3) is 0 Å². The van der Waals surface area contributed by atoms with E-state index >= 15 is 0 Å². The van der Waals surface area contributed by atoms with Crippen molar-refractivity contribution in [2.45, 2.75) is 11.4 Å². The van der Waals surface area contributed by atoms with E-state index in [-0.39, 0.29) is 22.7 Å². The predicted octanol–water partition coefficient (Wildman–Crippen LogP) is 5.62. The summed E-state index contributed by atoms with van der Waals surface area (Å²) in [6, 6.07) is 29.3. The SMILES string of the molecule is COc1ccc(S(=O)(=O)N(Cc2ccccc2)c2ccccc2C(=O)N/N=C/c2ccc(Br)cc2)cc1. The number of hydrogen-bond donors (Lipinski definition) is 1. The maximum atomic E-state index is 13.9. The third-order valence-corrected chi connectivity index (χ3v) is 7.79. The van der Waals surface area contributed by atoms with Gasteiger partial charge in [0.1, 0.15) is 5.75 Å². The van der Waals surface area contributed by atoms with Crippen LogP contribution < -0.4 is 14.5 Å². The lowest BCUT2D eigenvalue weighted by Gasteiger charge is -2.26. The first-order chi connectivity index (χ1) is 17.9. The van der Waals surface area contributed by atoms with E-state index in [1.807, 2.05) is 54.6 Å². The molecule has 7 nitrogen and oxygen atoms in total. The highest BCUT2D eigenvalue weighted by Gasteiger charge is 2.28. The Hall–Kier alpha value is -3.95. The Morgan fingerprint density at radius 1 is 0.919 bits per heavy atom. The molecule has 0 aliphatic rings. The number of carbonyl (C=O) groups is 1. The van der Waals surface area contributed by atoms with Gasteiger partial charge in [0.15, 0.2) is 0 Å². The minimum atomic E-state index is -4.05. The number of para-hydroxylation sites is 1. The largest absolute Gasteiger partial charge is 0.497 e. The summed E-state index contributed by atoms with van der Waals surface area (Å²) in [6.45, 7) is 0.0294. The summed E-state index contributed by atoms with van der Waals surface area (Å²) < 4.78 is 35.1. The molecule has 9 heteroatoms. The topological polar surface area (TPSA) is 88.1 Å². The van der Waals surface area contributed by atoms with Crippen molar-refractivity contribution in [3.05, 3.63) is 124 Å². The van der Waals surface area contributed by atoms with Crippen molar-refractivity contribution in [1.82, 2.24) is 5.43 Å². The van der Waals surface area contributed by atoms with Gasteiger partial charge >= 0.3 is 0 Å². The average Bonchev–Trinajstić information content (AvgIpc) is 2.93. The molecule has 4 rings (SSSR count). The van der Waals surface area contributed by atoms with Crippen molar-refractivity contribution in [2.24, 2.45) is 5.10 Å². The summed E-state index contributed by atoms with van der Waals surface area (Å²) in [5.74, 6) is 0.00364. The minimum Gasteiger partial charge on any atom is -0.497 e. The second-order valence-electron chi connectivity index (χ2n) is 7.94. The number of sulfonamides is 1. The number of benzene rings is 4. The Bertz CT molecular complexity index is 1490. The number of nitrogens with zero attached hydrogens (tertiary/aromatic N) is 2. The molecule has 1 amide bonds. The number of halogens is 1. The standard InChI is InChI=1S/C28H24BrN3O4S/c1-36-24-15-17-25(18-16-24)37(34,35)32(20-22-7-3-2-4-8-22)27-10-6-5-9-26(27)28(33)31-30-19-21-11-13-23(29)14-12-21/h2-19H,20H2,1H3,(H,31,33)/b30-19+. The average molecular weight is 578 g/mol. The fraction of sp³-hybridized carbons (Fsp3) is 0.0714. The van der Waals surface area contributed by atoms with Gasteiger partial charge in [-0.2, -0.15) is 5.10 Å². The Balaban J connectivity index is 1.70. The highest BCUT2D eigenvalue weighted by molar-refractivity contribution is 9.10. The zero-order valence-corrected chi connectivity index (χ0v) is 22.3. The number of ether oxygens (including phenoxy) is 1. The zero-order chi connectivity index (χ0) is 26.3. The highest BCUT2D eigenvalue weighted by atomic mass is 79.9. The smallest absolute Gasteiger partial charge is 0.273 e. The molecule has 0 bridgehead atoms. The molecule has 0 heterocycles. The number of carbonyl (C=O) groups excluding carboxylic acids is 1. The highest BCUT2D eigenvalue weighted by Crippen LogP contribution is 2.30. The lowest BCUT2D eigenvalue weighted by Crippen LogP contribution is -2.33. The van der Waals surface area contributed by atoms with E-state index in [9.17, 15) is 13.2 Å². The number of rotatable bonds is 9. The molecule has 0 saturated heterocycles. The van der Waals surface area contributed by atoms with Crippen molar-refractivity contribution in [3.8, 4) is 5.75 Å². The van der Waals surface area contributed by atoms with Crippen LogP contribution in [-0.4, -0.2) is 27.6 Å². The van der Waals surface area contributed by atoms with Crippen molar-refractivity contribution in [1.29, 1.82) is 0 Å². The molecule has 0 aliphatic heterocycles. The van der Waals surface area contributed by atoms with Crippen molar-refractivity contribution in [2.75, 3.05) is 11.4 Å². The van der Waals surface area contributed by atoms with Gasteiger partial charge in [-0.25, -0.2) is 13.8 Å². The molecule has 4 aromatic rings. The van der Waals surface area contributed by atoms with E-state index in [2.05, 4.69) is 26.5 Å². The summed E-state index contributed by atoms with van der Waals surface area (Å²) in [5.41, 5.74) is 4.48. The summed E-state index contributed by atoms with van der Waals surface area (Å²) >= 11 is 3.38. The molecule has 1 N–H and O–H groups in total. The van der Waals surface area contributed by atoms with Gasteiger partial charge in [-0.3, -0.25) is 9.10 Å². The van der Waals surface area contributed by atoms with Crippen LogP contribution in [0.15, 0.2) is 118 Å². The summed E-state index contributed by atoms with van der Waals surface area (Å²) in [4.78, 5) is 13.2. The van der Waals surface area contributed by atoms with Gasteiger partial charge in [0, 0.05) is 4.47 Å². The van der Waals surface area contributed by atoms with Crippen LogP contribution in [0.2, 0.25) is 0 Å². The molecule has 0 fully saturated rings. The molecule has 4 aromatic carbocycles. The molecule has 0 radical (unpaired) electrons. The molecule has 0 unspecified atom stereocenters. The first-order valence-electron chi connectivity index (χ1n) is 11.3. The van der Waals surface area contributed by atoms with Crippen LogP contribution in [0.5, 0.6) is 5.75 Å². The van der Waals surface area contributed by atoms with Crippen molar-refractivity contribution < 1.29 is 17.9 Å². The van der Waals surface area contributed by atoms with Gasteiger partial charge in [-0.1, -0.05) is 70.5 Å². The van der Waals surface area contributed by atoms with E-state index < -0.39 is 15.9 Å². The third-order valence-electron chi connectivity index (χ3n) is 5.48. The number of hydrazone groups is 1. The number of anilines is 1.